The van der Waals surface area contributed by atoms with E-state index in [-0.39, 0.29) is 18.2 Å². The fourth-order valence-corrected chi connectivity index (χ4v) is 2.85. The van der Waals surface area contributed by atoms with Gasteiger partial charge in [0.15, 0.2) is 0 Å². The Bertz CT molecular complexity index is 787. The van der Waals surface area contributed by atoms with Crippen molar-refractivity contribution in [2.24, 2.45) is 0 Å². The van der Waals surface area contributed by atoms with E-state index in [4.69, 9.17) is 9.26 Å². The lowest BCUT2D eigenvalue weighted by molar-refractivity contribution is 0.0646. The molecule has 0 amide bonds. The van der Waals surface area contributed by atoms with E-state index in [0.717, 1.165) is 10.5 Å². The van der Waals surface area contributed by atoms with Crippen molar-refractivity contribution in [1.29, 1.82) is 0 Å². The maximum absolute atomic E-state index is 11.3. The molecule has 3 aromatic rings. The largest absolute Gasteiger partial charge is 0.475 e. The molecule has 0 aliphatic carbocycles. The van der Waals surface area contributed by atoms with Crippen LogP contribution in [0.2, 0.25) is 0 Å². The molecule has 0 spiro atoms. The van der Waals surface area contributed by atoms with Crippen molar-refractivity contribution in [1.82, 2.24) is 5.16 Å². The van der Waals surface area contributed by atoms with Crippen LogP contribution in [0.1, 0.15) is 16.1 Å². The van der Waals surface area contributed by atoms with E-state index in [9.17, 15) is 9.90 Å². The van der Waals surface area contributed by atoms with Gasteiger partial charge in [0.05, 0.1) is 0 Å². The Kier molecular flexibility index (Phi) is 4.63. The van der Waals surface area contributed by atoms with Crippen LogP contribution in [0.5, 0.6) is 5.88 Å². The lowest BCUT2D eigenvalue weighted by atomic mass is 10.2. The van der Waals surface area contributed by atoms with Crippen molar-refractivity contribution in [3.8, 4) is 5.88 Å². The minimum Gasteiger partial charge on any atom is -0.475 e. The lowest BCUT2D eigenvalue weighted by Gasteiger charge is -2.05. The number of carbonyl (C=O) groups is 1. The maximum Gasteiger partial charge on any atom is 0.376 e. The van der Waals surface area contributed by atoms with Crippen molar-refractivity contribution in [2.45, 2.75) is 16.4 Å². The first-order valence-electron chi connectivity index (χ1n) is 6.86. The van der Waals surface area contributed by atoms with Gasteiger partial charge in [0.1, 0.15) is 11.5 Å². The summed E-state index contributed by atoms with van der Waals surface area (Å²) in [6.07, 6.45) is 0. The summed E-state index contributed by atoms with van der Waals surface area (Å²) < 4.78 is 10.6. The minimum absolute atomic E-state index is 0.181. The van der Waals surface area contributed by atoms with E-state index in [0.29, 0.717) is 4.90 Å². The van der Waals surface area contributed by atoms with Crippen molar-refractivity contribution in [2.75, 3.05) is 0 Å². The average molecular weight is 327 g/mol. The first-order valence-corrected chi connectivity index (χ1v) is 7.68. The number of benzene rings is 2. The molecule has 1 aromatic heterocycles. The van der Waals surface area contributed by atoms with Gasteiger partial charge in [-0.3, -0.25) is 0 Å². The standard InChI is InChI=1S/C17H13NO4S/c19-17(20)14-15(23-13-9-5-2-6-10-13)16(18-22-14)21-11-12-7-3-1-4-8-12/h1-10H,11H2,(H,19,20). The van der Waals surface area contributed by atoms with Crippen LogP contribution in [0.25, 0.3) is 0 Å². The molecule has 0 bridgehead atoms. The summed E-state index contributed by atoms with van der Waals surface area (Å²) >= 11 is 1.25. The number of nitrogens with zero attached hydrogens (tertiary/aromatic N) is 1. The number of hydrogen-bond donors (Lipinski definition) is 1. The molecule has 5 nitrogen and oxygen atoms in total. The van der Waals surface area contributed by atoms with Gasteiger partial charge in [0.25, 0.3) is 11.6 Å². The molecule has 2 aromatic carbocycles. The Balaban J connectivity index is 1.83. The molecule has 0 radical (unpaired) electrons. The molecule has 0 saturated heterocycles. The van der Waals surface area contributed by atoms with E-state index >= 15 is 0 Å². The van der Waals surface area contributed by atoms with Crippen LogP contribution < -0.4 is 4.74 Å². The molecule has 0 aliphatic rings. The summed E-state index contributed by atoms with van der Waals surface area (Å²) in [4.78, 5) is 12.5. The van der Waals surface area contributed by atoms with Crippen LogP contribution in [0.4, 0.5) is 0 Å². The predicted octanol–water partition coefficient (Wildman–Crippen LogP) is 4.10. The second-order valence-electron chi connectivity index (χ2n) is 4.64. The molecule has 0 aliphatic heterocycles. The molecule has 1 heterocycles. The fourth-order valence-electron chi connectivity index (χ4n) is 1.92. The number of carboxylic acid groups (broad SMARTS) is 1. The summed E-state index contributed by atoms with van der Waals surface area (Å²) in [6, 6.07) is 19.0. The molecule has 0 atom stereocenters. The Morgan fingerprint density at radius 3 is 2.39 bits per heavy atom. The summed E-state index contributed by atoms with van der Waals surface area (Å²) in [6.45, 7) is 0.286. The summed E-state index contributed by atoms with van der Waals surface area (Å²) in [5.74, 6) is -1.22. The molecule has 1 N–H and O–H groups in total. The summed E-state index contributed by atoms with van der Waals surface area (Å²) in [5, 5.41) is 13.0. The van der Waals surface area contributed by atoms with Crippen LogP contribution in [0, 0.1) is 0 Å². The van der Waals surface area contributed by atoms with Gasteiger partial charge in [0, 0.05) is 4.90 Å². The van der Waals surface area contributed by atoms with Gasteiger partial charge in [-0.2, -0.15) is 0 Å². The highest BCUT2D eigenvalue weighted by Gasteiger charge is 2.24. The molecule has 116 valence electrons. The average Bonchev–Trinajstić information content (AvgIpc) is 2.98. The number of aromatic nitrogens is 1. The second kappa shape index (κ2) is 7.02. The number of ether oxygens (including phenoxy) is 1. The maximum atomic E-state index is 11.3. The van der Waals surface area contributed by atoms with Gasteiger partial charge in [-0.05, 0) is 22.9 Å². The van der Waals surface area contributed by atoms with Gasteiger partial charge in [0.2, 0.25) is 0 Å². The van der Waals surface area contributed by atoms with Gasteiger partial charge >= 0.3 is 5.97 Å². The van der Waals surface area contributed by atoms with Gasteiger partial charge < -0.3 is 14.4 Å². The first-order chi connectivity index (χ1) is 11.2. The van der Waals surface area contributed by atoms with Crippen molar-refractivity contribution < 1.29 is 19.2 Å². The Morgan fingerprint density at radius 2 is 1.74 bits per heavy atom. The summed E-state index contributed by atoms with van der Waals surface area (Å²) in [5.41, 5.74) is 0.961. The molecule has 0 fully saturated rings. The minimum atomic E-state index is -1.18. The first kappa shape index (κ1) is 15.2. The molecule has 3 rings (SSSR count). The van der Waals surface area contributed by atoms with Gasteiger partial charge in [-0.25, -0.2) is 4.79 Å². The van der Waals surface area contributed by atoms with Crippen molar-refractivity contribution >= 4 is 17.7 Å². The Morgan fingerprint density at radius 1 is 1.09 bits per heavy atom. The third-order valence-electron chi connectivity index (χ3n) is 3.00. The molecular formula is C17H13NO4S. The quantitative estimate of drug-likeness (QED) is 0.735. The van der Waals surface area contributed by atoms with Crippen LogP contribution in [-0.4, -0.2) is 16.2 Å². The second-order valence-corrected chi connectivity index (χ2v) is 5.72. The molecule has 6 heteroatoms. The monoisotopic (exact) mass is 327 g/mol. The zero-order valence-corrected chi connectivity index (χ0v) is 12.8. The highest BCUT2D eigenvalue weighted by Crippen LogP contribution is 2.37. The lowest BCUT2D eigenvalue weighted by Crippen LogP contribution is -1.98. The smallest absolute Gasteiger partial charge is 0.376 e. The highest BCUT2D eigenvalue weighted by atomic mass is 32.2. The van der Waals surface area contributed by atoms with E-state index in [1.165, 1.54) is 11.8 Å². The summed E-state index contributed by atoms with van der Waals surface area (Å²) in [7, 11) is 0. The highest BCUT2D eigenvalue weighted by molar-refractivity contribution is 7.99. The molecule has 0 unspecified atom stereocenters. The Hall–Kier alpha value is -2.73. The normalized spacial score (nSPS) is 10.4. The number of rotatable bonds is 6. The van der Waals surface area contributed by atoms with Gasteiger partial charge in [-0.15, -0.1) is 0 Å². The van der Waals surface area contributed by atoms with E-state index < -0.39 is 5.97 Å². The number of carboxylic acids is 1. The molecule has 0 saturated carbocycles. The third-order valence-corrected chi connectivity index (χ3v) is 4.07. The van der Waals surface area contributed by atoms with Crippen molar-refractivity contribution in [3.63, 3.8) is 0 Å². The van der Waals surface area contributed by atoms with Crippen molar-refractivity contribution in [3.05, 3.63) is 72.0 Å². The number of aromatic carboxylic acids is 1. The predicted molar refractivity (Wildman–Crippen MR) is 84.8 cm³/mol. The van der Waals surface area contributed by atoms with Crippen LogP contribution in [0.3, 0.4) is 0 Å². The Labute approximate surface area is 136 Å². The van der Waals surface area contributed by atoms with Crippen LogP contribution in [-0.2, 0) is 6.61 Å². The van der Waals surface area contributed by atoms with E-state index in [2.05, 4.69) is 5.16 Å². The molecule has 23 heavy (non-hydrogen) atoms. The number of hydrogen-bond acceptors (Lipinski definition) is 5. The topological polar surface area (TPSA) is 72.6 Å². The zero-order valence-electron chi connectivity index (χ0n) is 12.0. The SMILES string of the molecule is O=C(O)c1onc(OCc2ccccc2)c1Sc1ccccc1. The van der Waals surface area contributed by atoms with E-state index in [1.54, 1.807) is 0 Å². The van der Waals surface area contributed by atoms with E-state index in [1.807, 2.05) is 60.7 Å². The fraction of sp³-hybridized carbons (Fsp3) is 0.0588. The van der Waals surface area contributed by atoms with Crippen LogP contribution in [0.15, 0.2) is 75.0 Å². The van der Waals surface area contributed by atoms with Crippen LogP contribution >= 0.6 is 11.8 Å². The molecular weight excluding hydrogens is 314 g/mol. The van der Waals surface area contributed by atoms with Gasteiger partial charge in [-0.1, -0.05) is 60.3 Å². The zero-order chi connectivity index (χ0) is 16.1. The third kappa shape index (κ3) is 3.73.